The Hall–Kier alpha value is -1.75. The second-order valence-corrected chi connectivity index (χ2v) is 8.70. The second kappa shape index (κ2) is 8.09. The maximum Gasteiger partial charge on any atom is 0.277 e. The van der Waals surface area contributed by atoms with Gasteiger partial charge in [0.2, 0.25) is 0 Å². The molecule has 27 heavy (non-hydrogen) atoms. The predicted molar refractivity (Wildman–Crippen MR) is 107 cm³/mol. The summed E-state index contributed by atoms with van der Waals surface area (Å²) < 4.78 is 5.23. The van der Waals surface area contributed by atoms with Crippen LogP contribution in [0.5, 0.6) is 5.75 Å². The lowest BCUT2D eigenvalue weighted by atomic mass is 9.84. The van der Waals surface area contributed by atoms with Crippen molar-refractivity contribution in [2.75, 3.05) is 44.7 Å². The number of rotatable bonds is 6. The van der Waals surface area contributed by atoms with Gasteiger partial charge < -0.3 is 19.9 Å². The summed E-state index contributed by atoms with van der Waals surface area (Å²) in [6.45, 7) is 6.39. The fraction of sp³-hybridized carbons (Fsp3) is 0.682. The molecule has 1 aliphatic heterocycles. The SMILES string of the molecule is COc1ccc(N2CCN(C(=O)C[NH2+][C@@H](C)[C@@H]3C[C@@H]4CC[C@H]3C4)CC2)cc1. The highest BCUT2D eigenvalue weighted by Gasteiger charge is 2.43. The van der Waals surface area contributed by atoms with E-state index < -0.39 is 0 Å². The molecule has 1 heterocycles. The molecule has 0 radical (unpaired) electrons. The third-order valence-corrected chi connectivity index (χ3v) is 7.20. The number of quaternary nitrogens is 1. The normalized spacial score (nSPS) is 28.4. The second-order valence-electron chi connectivity index (χ2n) is 8.70. The van der Waals surface area contributed by atoms with E-state index in [1.165, 1.54) is 31.4 Å². The van der Waals surface area contributed by atoms with Gasteiger partial charge in [0, 0.05) is 37.8 Å². The Morgan fingerprint density at radius 1 is 1.15 bits per heavy atom. The minimum Gasteiger partial charge on any atom is -0.497 e. The topological polar surface area (TPSA) is 49.4 Å². The van der Waals surface area contributed by atoms with Gasteiger partial charge in [0.1, 0.15) is 5.75 Å². The van der Waals surface area contributed by atoms with Crippen LogP contribution in [0, 0.1) is 17.8 Å². The molecule has 2 saturated carbocycles. The fourth-order valence-corrected chi connectivity index (χ4v) is 5.54. The van der Waals surface area contributed by atoms with Crippen molar-refractivity contribution in [2.45, 2.75) is 38.6 Å². The summed E-state index contributed by atoms with van der Waals surface area (Å²) in [5, 5.41) is 2.31. The molecule has 5 nitrogen and oxygen atoms in total. The Morgan fingerprint density at radius 2 is 1.89 bits per heavy atom. The predicted octanol–water partition coefficient (Wildman–Crippen LogP) is 1.73. The zero-order valence-electron chi connectivity index (χ0n) is 16.8. The standard InChI is InChI=1S/C22H33N3O2/c1-16(21-14-17-3-4-18(21)13-17)23-15-22(26)25-11-9-24(10-12-25)19-5-7-20(27-2)8-6-19/h5-8,16-18,21,23H,3-4,9-15H2,1-2H3/p+1/t16-,17+,18-,21-/m0/s1. The maximum atomic E-state index is 12.7. The van der Waals surface area contributed by atoms with Crippen molar-refractivity contribution >= 4 is 11.6 Å². The highest BCUT2D eigenvalue weighted by molar-refractivity contribution is 5.77. The number of carbonyl (C=O) groups excluding carboxylic acids is 1. The van der Waals surface area contributed by atoms with Gasteiger partial charge in [-0.1, -0.05) is 6.42 Å². The number of hydrogen-bond donors (Lipinski definition) is 1. The van der Waals surface area contributed by atoms with Crippen LogP contribution < -0.4 is 15.0 Å². The Labute approximate surface area is 163 Å². The van der Waals surface area contributed by atoms with Crippen molar-refractivity contribution in [3.63, 3.8) is 0 Å². The summed E-state index contributed by atoms with van der Waals surface area (Å²) in [5.41, 5.74) is 1.21. The van der Waals surface area contributed by atoms with Crippen LogP contribution in [0.2, 0.25) is 0 Å². The molecule has 5 heteroatoms. The first-order valence-corrected chi connectivity index (χ1v) is 10.6. The Morgan fingerprint density at radius 3 is 2.48 bits per heavy atom. The highest BCUT2D eigenvalue weighted by Crippen LogP contribution is 2.48. The quantitative estimate of drug-likeness (QED) is 0.827. The number of hydrogen-bond acceptors (Lipinski definition) is 3. The van der Waals surface area contributed by atoms with Crippen LogP contribution in [0.25, 0.3) is 0 Å². The average Bonchev–Trinajstić information content (AvgIpc) is 3.36. The molecular formula is C22H34N3O2+. The van der Waals surface area contributed by atoms with E-state index >= 15 is 0 Å². The number of nitrogens with zero attached hydrogens (tertiary/aromatic N) is 2. The molecule has 1 aromatic rings. The van der Waals surface area contributed by atoms with E-state index in [-0.39, 0.29) is 0 Å². The Kier molecular flexibility index (Phi) is 5.58. The summed E-state index contributed by atoms with van der Waals surface area (Å²) in [4.78, 5) is 17.1. The van der Waals surface area contributed by atoms with Gasteiger partial charge in [-0.25, -0.2) is 0 Å². The molecule has 1 amide bonds. The van der Waals surface area contributed by atoms with Crippen LogP contribution in [0.3, 0.4) is 0 Å². The first-order chi connectivity index (χ1) is 13.1. The number of nitrogens with two attached hydrogens (primary N) is 1. The van der Waals surface area contributed by atoms with Crippen LogP contribution in [0.4, 0.5) is 5.69 Å². The summed E-state index contributed by atoms with van der Waals surface area (Å²) in [7, 11) is 1.69. The third kappa shape index (κ3) is 4.08. The molecule has 3 aliphatic rings. The van der Waals surface area contributed by atoms with Crippen LogP contribution in [0.1, 0.15) is 32.6 Å². The molecule has 4 atom stereocenters. The zero-order chi connectivity index (χ0) is 18.8. The molecule has 0 aromatic heterocycles. The fourth-order valence-electron chi connectivity index (χ4n) is 5.54. The number of carbonyl (C=O) groups is 1. The number of piperazine rings is 1. The van der Waals surface area contributed by atoms with E-state index in [4.69, 9.17) is 4.74 Å². The van der Waals surface area contributed by atoms with E-state index in [0.717, 1.165) is 49.7 Å². The molecule has 0 spiro atoms. The van der Waals surface area contributed by atoms with Crippen LogP contribution in [0.15, 0.2) is 24.3 Å². The number of methoxy groups -OCH3 is 1. The molecular weight excluding hydrogens is 338 g/mol. The van der Waals surface area contributed by atoms with Gasteiger partial charge in [0.05, 0.1) is 13.2 Å². The summed E-state index contributed by atoms with van der Waals surface area (Å²) in [5.74, 6) is 3.94. The van der Waals surface area contributed by atoms with Crippen LogP contribution in [-0.2, 0) is 4.79 Å². The van der Waals surface area contributed by atoms with Crippen molar-refractivity contribution in [3.05, 3.63) is 24.3 Å². The van der Waals surface area contributed by atoms with Crippen molar-refractivity contribution in [1.82, 2.24) is 4.90 Å². The Balaban J connectivity index is 1.21. The van der Waals surface area contributed by atoms with E-state index in [0.29, 0.717) is 18.5 Å². The lowest BCUT2D eigenvalue weighted by Gasteiger charge is -2.36. The van der Waals surface area contributed by atoms with E-state index in [9.17, 15) is 4.79 Å². The molecule has 2 N–H and O–H groups in total. The lowest BCUT2D eigenvalue weighted by molar-refractivity contribution is -0.684. The number of fused-ring (bicyclic) bond motifs is 2. The number of benzene rings is 1. The first-order valence-electron chi connectivity index (χ1n) is 10.6. The van der Waals surface area contributed by atoms with Crippen LogP contribution in [-0.4, -0.2) is 56.7 Å². The van der Waals surface area contributed by atoms with Gasteiger partial charge in [0.15, 0.2) is 6.54 Å². The first kappa shape index (κ1) is 18.6. The smallest absolute Gasteiger partial charge is 0.277 e. The minimum absolute atomic E-state index is 0.305. The van der Waals surface area contributed by atoms with Gasteiger partial charge in [-0.05, 0) is 62.3 Å². The average molecular weight is 373 g/mol. The third-order valence-electron chi connectivity index (χ3n) is 7.20. The number of ether oxygens (including phenoxy) is 1. The van der Waals surface area contributed by atoms with Gasteiger partial charge in [-0.3, -0.25) is 4.79 Å². The van der Waals surface area contributed by atoms with Crippen molar-refractivity contribution < 1.29 is 14.8 Å². The molecule has 1 aromatic carbocycles. The van der Waals surface area contributed by atoms with E-state index in [1.54, 1.807) is 7.11 Å². The largest absolute Gasteiger partial charge is 0.497 e. The van der Waals surface area contributed by atoms with Gasteiger partial charge in [-0.15, -0.1) is 0 Å². The van der Waals surface area contributed by atoms with Crippen molar-refractivity contribution in [2.24, 2.45) is 17.8 Å². The molecule has 4 rings (SSSR count). The van der Waals surface area contributed by atoms with Crippen molar-refractivity contribution in [1.29, 1.82) is 0 Å². The van der Waals surface area contributed by atoms with E-state index in [1.807, 2.05) is 17.0 Å². The molecule has 3 fully saturated rings. The minimum atomic E-state index is 0.305. The maximum absolute atomic E-state index is 12.7. The molecule has 2 bridgehead atoms. The van der Waals surface area contributed by atoms with E-state index in [2.05, 4.69) is 29.3 Å². The summed E-state index contributed by atoms with van der Waals surface area (Å²) >= 11 is 0. The molecule has 148 valence electrons. The summed E-state index contributed by atoms with van der Waals surface area (Å²) in [6.07, 6.45) is 5.72. The van der Waals surface area contributed by atoms with Crippen LogP contribution >= 0.6 is 0 Å². The van der Waals surface area contributed by atoms with Gasteiger partial charge >= 0.3 is 0 Å². The summed E-state index contributed by atoms with van der Waals surface area (Å²) in [6, 6.07) is 8.78. The van der Waals surface area contributed by atoms with Crippen molar-refractivity contribution in [3.8, 4) is 5.75 Å². The monoisotopic (exact) mass is 372 g/mol. The Bertz CT molecular complexity index is 639. The molecule has 2 aliphatic carbocycles. The molecule has 1 saturated heterocycles. The lowest BCUT2D eigenvalue weighted by Crippen LogP contribution is -2.93. The molecule has 0 unspecified atom stereocenters. The van der Waals surface area contributed by atoms with Gasteiger partial charge in [0.25, 0.3) is 5.91 Å². The highest BCUT2D eigenvalue weighted by atomic mass is 16.5. The zero-order valence-corrected chi connectivity index (χ0v) is 16.8. The number of anilines is 1. The van der Waals surface area contributed by atoms with Gasteiger partial charge in [-0.2, -0.15) is 0 Å². The number of amides is 1.